The number of likely N-dealkylation sites (tertiary alicyclic amines) is 1. The second-order valence-electron chi connectivity index (χ2n) is 7.08. The van der Waals surface area contributed by atoms with Crippen LogP contribution >= 0.6 is 0 Å². The molecule has 2 unspecified atom stereocenters. The molecule has 2 rings (SSSR count). The van der Waals surface area contributed by atoms with Gasteiger partial charge in [-0.1, -0.05) is 24.3 Å². The highest BCUT2D eigenvalue weighted by atomic mass is 16.4. The average molecular weight is 346 g/mol. The summed E-state index contributed by atoms with van der Waals surface area (Å²) in [5.74, 6) is -0.293. The molecule has 25 heavy (non-hydrogen) atoms. The van der Waals surface area contributed by atoms with Crippen molar-refractivity contribution in [1.29, 1.82) is 0 Å². The monoisotopic (exact) mass is 346 g/mol. The Balaban J connectivity index is 1.76. The normalized spacial score (nSPS) is 19.4. The van der Waals surface area contributed by atoms with E-state index in [0.29, 0.717) is 18.9 Å². The molecule has 1 heterocycles. The molecule has 138 valence electrons. The van der Waals surface area contributed by atoms with Gasteiger partial charge in [-0.3, -0.25) is 14.5 Å². The lowest BCUT2D eigenvalue weighted by molar-refractivity contribution is -0.137. The number of carboxylic acid groups (broad SMARTS) is 1. The zero-order valence-corrected chi connectivity index (χ0v) is 15.3. The van der Waals surface area contributed by atoms with Gasteiger partial charge in [-0.05, 0) is 63.1 Å². The molecule has 1 aromatic carbocycles. The van der Waals surface area contributed by atoms with Crippen LogP contribution in [0.3, 0.4) is 0 Å². The van der Waals surface area contributed by atoms with Gasteiger partial charge in [0, 0.05) is 19.5 Å². The maximum Gasteiger partial charge on any atom is 0.303 e. The molecule has 1 saturated heterocycles. The van der Waals surface area contributed by atoms with Crippen LogP contribution in [-0.4, -0.2) is 47.6 Å². The van der Waals surface area contributed by atoms with E-state index in [1.54, 1.807) is 0 Å². The molecule has 1 amide bonds. The standard InChI is InChI=1S/C20H30N2O3/c1-15-6-3-4-8-18(15)11-12-21-20(25)16(2)22-13-5-7-17(14-22)9-10-19(23)24/h3-4,6,8,16-17H,5,7,9-14H2,1-2H3,(H,21,25)(H,23,24). The largest absolute Gasteiger partial charge is 0.481 e. The van der Waals surface area contributed by atoms with Crippen LogP contribution in [0.25, 0.3) is 0 Å². The SMILES string of the molecule is Cc1ccccc1CCNC(=O)C(C)N1CCCC(CCC(=O)O)C1. The molecule has 2 N–H and O–H groups in total. The summed E-state index contributed by atoms with van der Waals surface area (Å²) in [6.07, 6.45) is 3.85. The number of aryl methyl sites for hydroxylation is 1. The fraction of sp³-hybridized carbons (Fsp3) is 0.600. The molecule has 0 saturated carbocycles. The van der Waals surface area contributed by atoms with Crippen molar-refractivity contribution in [2.75, 3.05) is 19.6 Å². The Morgan fingerprint density at radius 1 is 1.36 bits per heavy atom. The minimum Gasteiger partial charge on any atom is -0.481 e. The van der Waals surface area contributed by atoms with Crippen LogP contribution in [0.2, 0.25) is 0 Å². The van der Waals surface area contributed by atoms with Gasteiger partial charge in [-0.2, -0.15) is 0 Å². The summed E-state index contributed by atoms with van der Waals surface area (Å²) in [4.78, 5) is 25.4. The van der Waals surface area contributed by atoms with Crippen LogP contribution < -0.4 is 5.32 Å². The Morgan fingerprint density at radius 2 is 2.12 bits per heavy atom. The number of amides is 1. The first-order valence-electron chi connectivity index (χ1n) is 9.25. The van der Waals surface area contributed by atoms with Crippen molar-refractivity contribution in [3.63, 3.8) is 0 Å². The van der Waals surface area contributed by atoms with Crippen LogP contribution in [0.1, 0.15) is 43.7 Å². The molecule has 5 heteroatoms. The second kappa shape index (κ2) is 9.56. The van der Waals surface area contributed by atoms with Gasteiger partial charge in [0.2, 0.25) is 5.91 Å². The smallest absolute Gasteiger partial charge is 0.303 e. The number of hydrogen-bond acceptors (Lipinski definition) is 3. The van der Waals surface area contributed by atoms with Crippen molar-refractivity contribution in [1.82, 2.24) is 10.2 Å². The van der Waals surface area contributed by atoms with Crippen LogP contribution in [-0.2, 0) is 16.0 Å². The van der Waals surface area contributed by atoms with E-state index in [-0.39, 0.29) is 18.4 Å². The zero-order valence-electron chi connectivity index (χ0n) is 15.3. The van der Waals surface area contributed by atoms with Crippen molar-refractivity contribution in [3.05, 3.63) is 35.4 Å². The molecule has 1 fully saturated rings. The summed E-state index contributed by atoms with van der Waals surface area (Å²) in [7, 11) is 0. The summed E-state index contributed by atoms with van der Waals surface area (Å²) in [6, 6.07) is 8.08. The number of hydrogen-bond donors (Lipinski definition) is 2. The number of rotatable bonds is 8. The Kier molecular flexibility index (Phi) is 7.44. The van der Waals surface area contributed by atoms with E-state index in [2.05, 4.69) is 29.3 Å². The van der Waals surface area contributed by atoms with Crippen LogP contribution in [0, 0.1) is 12.8 Å². The zero-order chi connectivity index (χ0) is 18.2. The van der Waals surface area contributed by atoms with Crippen molar-refractivity contribution >= 4 is 11.9 Å². The third-order valence-corrected chi connectivity index (χ3v) is 5.20. The maximum atomic E-state index is 12.4. The van der Waals surface area contributed by atoms with Crippen molar-refractivity contribution in [2.45, 2.75) is 52.0 Å². The van der Waals surface area contributed by atoms with Gasteiger partial charge < -0.3 is 10.4 Å². The predicted octanol–water partition coefficient (Wildman–Crippen LogP) is 2.62. The summed E-state index contributed by atoms with van der Waals surface area (Å²) in [5.41, 5.74) is 2.52. The number of benzene rings is 1. The second-order valence-corrected chi connectivity index (χ2v) is 7.08. The van der Waals surface area contributed by atoms with Gasteiger partial charge in [-0.25, -0.2) is 0 Å². The number of carbonyl (C=O) groups is 2. The van der Waals surface area contributed by atoms with E-state index in [0.717, 1.165) is 32.4 Å². The van der Waals surface area contributed by atoms with Gasteiger partial charge in [0.1, 0.15) is 0 Å². The number of nitrogens with one attached hydrogen (secondary N) is 1. The number of aliphatic carboxylic acids is 1. The third-order valence-electron chi connectivity index (χ3n) is 5.20. The van der Waals surface area contributed by atoms with Gasteiger partial charge in [0.15, 0.2) is 0 Å². The molecule has 0 aliphatic carbocycles. The molecule has 0 radical (unpaired) electrons. The quantitative estimate of drug-likeness (QED) is 0.759. The number of nitrogens with zero attached hydrogens (tertiary/aromatic N) is 1. The van der Waals surface area contributed by atoms with E-state index in [9.17, 15) is 9.59 Å². The minimum atomic E-state index is -0.737. The molecular formula is C20H30N2O3. The first kappa shape index (κ1) is 19.4. The first-order chi connectivity index (χ1) is 12.0. The highest BCUT2D eigenvalue weighted by Crippen LogP contribution is 2.22. The fourth-order valence-corrected chi connectivity index (χ4v) is 3.54. The Hall–Kier alpha value is -1.88. The Morgan fingerprint density at radius 3 is 2.84 bits per heavy atom. The van der Waals surface area contributed by atoms with E-state index in [4.69, 9.17) is 5.11 Å². The van der Waals surface area contributed by atoms with Crippen molar-refractivity contribution < 1.29 is 14.7 Å². The van der Waals surface area contributed by atoms with Gasteiger partial charge in [-0.15, -0.1) is 0 Å². The molecular weight excluding hydrogens is 316 g/mol. The predicted molar refractivity (Wildman–Crippen MR) is 98.5 cm³/mol. The van der Waals surface area contributed by atoms with Crippen molar-refractivity contribution in [3.8, 4) is 0 Å². The minimum absolute atomic E-state index is 0.0625. The summed E-state index contributed by atoms with van der Waals surface area (Å²) >= 11 is 0. The number of carbonyl (C=O) groups excluding carboxylic acids is 1. The maximum absolute atomic E-state index is 12.4. The molecule has 1 aromatic rings. The summed E-state index contributed by atoms with van der Waals surface area (Å²) in [6.45, 7) is 6.41. The molecule has 1 aliphatic rings. The lowest BCUT2D eigenvalue weighted by Crippen LogP contribution is -2.49. The van der Waals surface area contributed by atoms with Gasteiger partial charge >= 0.3 is 5.97 Å². The van der Waals surface area contributed by atoms with Crippen LogP contribution in [0.5, 0.6) is 0 Å². The number of piperidine rings is 1. The van der Waals surface area contributed by atoms with E-state index >= 15 is 0 Å². The molecule has 0 aromatic heterocycles. The molecule has 1 aliphatic heterocycles. The summed E-state index contributed by atoms with van der Waals surface area (Å²) in [5, 5.41) is 11.9. The Labute approximate surface area is 150 Å². The van der Waals surface area contributed by atoms with E-state index in [1.165, 1.54) is 11.1 Å². The lowest BCUT2D eigenvalue weighted by atomic mass is 9.92. The molecule has 0 bridgehead atoms. The summed E-state index contributed by atoms with van der Waals surface area (Å²) < 4.78 is 0. The van der Waals surface area contributed by atoms with Crippen LogP contribution in [0.4, 0.5) is 0 Å². The lowest BCUT2D eigenvalue weighted by Gasteiger charge is -2.36. The molecule has 5 nitrogen and oxygen atoms in total. The third kappa shape index (κ3) is 6.16. The highest BCUT2D eigenvalue weighted by molar-refractivity contribution is 5.81. The topological polar surface area (TPSA) is 69.6 Å². The highest BCUT2D eigenvalue weighted by Gasteiger charge is 2.27. The van der Waals surface area contributed by atoms with E-state index < -0.39 is 5.97 Å². The van der Waals surface area contributed by atoms with Crippen molar-refractivity contribution in [2.24, 2.45) is 5.92 Å². The van der Waals surface area contributed by atoms with Gasteiger partial charge in [0.25, 0.3) is 0 Å². The first-order valence-corrected chi connectivity index (χ1v) is 9.25. The average Bonchev–Trinajstić information content (AvgIpc) is 2.61. The van der Waals surface area contributed by atoms with E-state index in [1.807, 2.05) is 19.1 Å². The van der Waals surface area contributed by atoms with Gasteiger partial charge in [0.05, 0.1) is 6.04 Å². The molecule has 0 spiro atoms. The molecule has 2 atom stereocenters. The Bertz CT molecular complexity index is 588. The number of carboxylic acids is 1. The fourth-order valence-electron chi connectivity index (χ4n) is 3.54. The van der Waals surface area contributed by atoms with Crippen LogP contribution in [0.15, 0.2) is 24.3 Å².